The van der Waals surface area contributed by atoms with Crippen LogP contribution in [-0.2, 0) is 20.7 Å². The lowest BCUT2D eigenvalue weighted by molar-refractivity contribution is -0.158. The maximum absolute atomic E-state index is 12.0. The molecule has 2 rings (SSSR count). The summed E-state index contributed by atoms with van der Waals surface area (Å²) in [5.74, 6) is -0.497. The Morgan fingerprint density at radius 1 is 1.25 bits per heavy atom. The number of nitrogen functional groups attached to an aromatic ring is 1. The van der Waals surface area contributed by atoms with E-state index in [1.54, 1.807) is 36.1 Å². The van der Waals surface area contributed by atoms with Crippen LogP contribution in [0, 0.1) is 0 Å². The maximum Gasteiger partial charge on any atom is 0.311 e. The molecule has 1 saturated heterocycles. The van der Waals surface area contributed by atoms with Gasteiger partial charge in [-0.3, -0.25) is 9.59 Å². The first kappa shape index (κ1) is 14.4. The van der Waals surface area contributed by atoms with Crippen LogP contribution in [0.3, 0.4) is 0 Å². The highest BCUT2D eigenvalue weighted by atomic mass is 16.5. The molecule has 0 spiro atoms. The summed E-state index contributed by atoms with van der Waals surface area (Å²) >= 11 is 0. The van der Waals surface area contributed by atoms with Gasteiger partial charge in [0.05, 0.1) is 6.42 Å². The van der Waals surface area contributed by atoms with Crippen molar-refractivity contribution in [2.45, 2.75) is 32.3 Å². The molecule has 1 aliphatic heterocycles. The summed E-state index contributed by atoms with van der Waals surface area (Å²) in [5.41, 5.74) is 7.06. The van der Waals surface area contributed by atoms with Crippen LogP contribution < -0.4 is 5.73 Å². The molecular weight excluding hydrogens is 256 g/mol. The predicted octanol–water partition coefficient (Wildman–Crippen LogP) is 1.37. The average molecular weight is 276 g/mol. The van der Waals surface area contributed by atoms with Crippen molar-refractivity contribution < 1.29 is 14.3 Å². The molecule has 1 aromatic carbocycles. The number of amides is 1. The average Bonchev–Trinajstić information content (AvgIpc) is 2.94. The summed E-state index contributed by atoms with van der Waals surface area (Å²) in [7, 11) is 0. The van der Waals surface area contributed by atoms with Gasteiger partial charge in [0.25, 0.3) is 5.91 Å². The minimum absolute atomic E-state index is 0.104. The molecule has 1 unspecified atom stereocenters. The molecule has 2 N–H and O–H groups in total. The van der Waals surface area contributed by atoms with E-state index in [9.17, 15) is 9.59 Å². The van der Waals surface area contributed by atoms with E-state index in [-0.39, 0.29) is 12.3 Å². The van der Waals surface area contributed by atoms with Crippen LogP contribution >= 0.6 is 0 Å². The number of nitrogens with zero attached hydrogens (tertiary/aromatic N) is 1. The SMILES string of the molecule is CC(OC(=O)Cc1ccc(N)cc1)C(=O)N1CCCC1. The summed E-state index contributed by atoms with van der Waals surface area (Å²) in [6, 6.07) is 7.04. The molecule has 0 aromatic heterocycles. The molecule has 0 saturated carbocycles. The molecule has 5 heteroatoms. The number of carbonyl (C=O) groups is 2. The number of benzene rings is 1. The number of hydrogen-bond donors (Lipinski definition) is 1. The van der Waals surface area contributed by atoms with Gasteiger partial charge in [-0.15, -0.1) is 0 Å². The Kier molecular flexibility index (Phi) is 4.61. The Morgan fingerprint density at radius 2 is 1.85 bits per heavy atom. The smallest absolute Gasteiger partial charge is 0.311 e. The van der Waals surface area contributed by atoms with Crippen LogP contribution in [0.15, 0.2) is 24.3 Å². The molecular formula is C15H20N2O3. The summed E-state index contributed by atoms with van der Waals surface area (Å²) < 4.78 is 5.20. The van der Waals surface area contributed by atoms with Crippen LogP contribution in [0.25, 0.3) is 0 Å². The van der Waals surface area contributed by atoms with Crippen molar-refractivity contribution in [3.8, 4) is 0 Å². The van der Waals surface area contributed by atoms with E-state index in [1.807, 2.05) is 0 Å². The minimum atomic E-state index is -0.714. The first-order valence-corrected chi connectivity index (χ1v) is 6.89. The molecule has 108 valence electrons. The van der Waals surface area contributed by atoms with Crippen molar-refractivity contribution in [2.24, 2.45) is 0 Å². The van der Waals surface area contributed by atoms with E-state index >= 15 is 0 Å². The van der Waals surface area contributed by atoms with Crippen molar-refractivity contribution >= 4 is 17.6 Å². The minimum Gasteiger partial charge on any atom is -0.452 e. The van der Waals surface area contributed by atoms with Gasteiger partial charge in [0.1, 0.15) is 0 Å². The quantitative estimate of drug-likeness (QED) is 0.666. The molecule has 5 nitrogen and oxygen atoms in total. The Balaban J connectivity index is 1.84. The zero-order chi connectivity index (χ0) is 14.5. The van der Waals surface area contributed by atoms with Crippen molar-refractivity contribution in [1.29, 1.82) is 0 Å². The number of carbonyl (C=O) groups excluding carboxylic acids is 2. The lowest BCUT2D eigenvalue weighted by atomic mass is 10.1. The van der Waals surface area contributed by atoms with Crippen LogP contribution in [0.5, 0.6) is 0 Å². The lowest BCUT2D eigenvalue weighted by Gasteiger charge is -2.20. The van der Waals surface area contributed by atoms with Gasteiger partial charge in [-0.2, -0.15) is 0 Å². The van der Waals surface area contributed by atoms with E-state index in [4.69, 9.17) is 10.5 Å². The zero-order valence-corrected chi connectivity index (χ0v) is 11.7. The van der Waals surface area contributed by atoms with E-state index < -0.39 is 12.1 Å². The molecule has 1 amide bonds. The summed E-state index contributed by atoms with van der Waals surface area (Å²) in [6.45, 7) is 3.15. The third-order valence-electron chi connectivity index (χ3n) is 3.40. The third kappa shape index (κ3) is 3.73. The van der Waals surface area contributed by atoms with Crippen LogP contribution in [0.4, 0.5) is 5.69 Å². The predicted molar refractivity (Wildman–Crippen MR) is 75.9 cm³/mol. The monoisotopic (exact) mass is 276 g/mol. The molecule has 0 aliphatic carbocycles. The second-order valence-electron chi connectivity index (χ2n) is 5.08. The number of esters is 1. The van der Waals surface area contributed by atoms with E-state index in [2.05, 4.69) is 0 Å². The van der Waals surface area contributed by atoms with Crippen molar-refractivity contribution in [1.82, 2.24) is 4.90 Å². The topological polar surface area (TPSA) is 72.6 Å². The number of rotatable bonds is 4. The summed E-state index contributed by atoms with van der Waals surface area (Å²) in [5, 5.41) is 0. The molecule has 0 bridgehead atoms. The highest BCUT2D eigenvalue weighted by molar-refractivity contribution is 5.84. The maximum atomic E-state index is 12.0. The lowest BCUT2D eigenvalue weighted by Crippen LogP contribution is -2.38. The van der Waals surface area contributed by atoms with Crippen LogP contribution in [0.1, 0.15) is 25.3 Å². The first-order chi connectivity index (χ1) is 9.56. The van der Waals surface area contributed by atoms with Gasteiger partial charge in [-0.05, 0) is 37.5 Å². The summed E-state index contributed by atoms with van der Waals surface area (Å²) in [6.07, 6.45) is 1.49. The second-order valence-corrected chi connectivity index (χ2v) is 5.08. The largest absolute Gasteiger partial charge is 0.452 e. The number of anilines is 1. The molecule has 0 radical (unpaired) electrons. The first-order valence-electron chi connectivity index (χ1n) is 6.89. The Morgan fingerprint density at radius 3 is 2.45 bits per heavy atom. The van der Waals surface area contributed by atoms with Gasteiger partial charge in [-0.25, -0.2) is 0 Å². The van der Waals surface area contributed by atoms with Crippen molar-refractivity contribution in [3.63, 3.8) is 0 Å². The molecule has 1 aliphatic rings. The molecule has 1 heterocycles. The van der Waals surface area contributed by atoms with E-state index in [1.165, 1.54) is 0 Å². The number of likely N-dealkylation sites (tertiary alicyclic amines) is 1. The normalized spacial score (nSPS) is 15.9. The van der Waals surface area contributed by atoms with Crippen molar-refractivity contribution in [3.05, 3.63) is 29.8 Å². The van der Waals surface area contributed by atoms with Gasteiger partial charge >= 0.3 is 5.97 Å². The fraction of sp³-hybridized carbons (Fsp3) is 0.467. The van der Waals surface area contributed by atoms with Gasteiger partial charge in [0.15, 0.2) is 6.10 Å². The van der Waals surface area contributed by atoms with E-state index in [0.717, 1.165) is 31.5 Å². The molecule has 1 atom stereocenters. The Bertz CT molecular complexity index is 478. The second kappa shape index (κ2) is 6.41. The van der Waals surface area contributed by atoms with Crippen molar-refractivity contribution in [2.75, 3.05) is 18.8 Å². The fourth-order valence-corrected chi connectivity index (χ4v) is 2.29. The summed E-state index contributed by atoms with van der Waals surface area (Å²) in [4.78, 5) is 25.6. The zero-order valence-electron chi connectivity index (χ0n) is 11.7. The van der Waals surface area contributed by atoms with Gasteiger partial charge in [0.2, 0.25) is 0 Å². The van der Waals surface area contributed by atoms with Gasteiger partial charge in [-0.1, -0.05) is 12.1 Å². The van der Waals surface area contributed by atoms with Gasteiger partial charge < -0.3 is 15.4 Å². The standard InChI is InChI=1S/C15H20N2O3/c1-11(15(19)17-8-2-3-9-17)20-14(18)10-12-4-6-13(16)7-5-12/h4-7,11H,2-3,8-10,16H2,1H3. The van der Waals surface area contributed by atoms with Crippen LogP contribution in [-0.4, -0.2) is 36.0 Å². The molecule has 1 aromatic rings. The number of hydrogen-bond acceptors (Lipinski definition) is 4. The number of nitrogens with two attached hydrogens (primary N) is 1. The van der Waals surface area contributed by atoms with E-state index in [0.29, 0.717) is 5.69 Å². The molecule has 20 heavy (non-hydrogen) atoms. The van der Waals surface area contributed by atoms with Crippen LogP contribution in [0.2, 0.25) is 0 Å². The highest BCUT2D eigenvalue weighted by Gasteiger charge is 2.25. The fourth-order valence-electron chi connectivity index (χ4n) is 2.29. The Labute approximate surface area is 118 Å². The highest BCUT2D eigenvalue weighted by Crippen LogP contribution is 2.12. The third-order valence-corrected chi connectivity index (χ3v) is 3.40. The van der Waals surface area contributed by atoms with Gasteiger partial charge in [0, 0.05) is 18.8 Å². The Hall–Kier alpha value is -2.04. The number of ether oxygens (including phenoxy) is 1. The molecule has 1 fully saturated rings.